The van der Waals surface area contributed by atoms with E-state index < -0.39 is 0 Å². The number of carbonyl (C=O) groups is 1. The molecule has 18 heavy (non-hydrogen) atoms. The summed E-state index contributed by atoms with van der Waals surface area (Å²) in [5, 5.41) is 13.0. The molecule has 2 N–H and O–H groups in total. The van der Waals surface area contributed by atoms with Crippen LogP contribution in [0, 0.1) is 13.8 Å². The van der Waals surface area contributed by atoms with E-state index in [0.717, 1.165) is 9.48 Å². The van der Waals surface area contributed by atoms with Gasteiger partial charge in [0.25, 0.3) is 5.91 Å². The largest absolute Gasteiger partial charge is 0.507 e. The van der Waals surface area contributed by atoms with Gasteiger partial charge in [-0.25, -0.2) is 4.98 Å². The lowest BCUT2D eigenvalue weighted by Crippen LogP contribution is -2.12. The maximum absolute atomic E-state index is 12.0. The van der Waals surface area contributed by atoms with Gasteiger partial charge in [-0.05, 0) is 41.4 Å². The Bertz CT molecular complexity index is 591. The van der Waals surface area contributed by atoms with Crippen molar-refractivity contribution in [3.63, 3.8) is 0 Å². The van der Waals surface area contributed by atoms with Crippen LogP contribution in [0.3, 0.4) is 0 Å². The first kappa shape index (κ1) is 13.0. The van der Waals surface area contributed by atoms with Crippen molar-refractivity contribution in [1.29, 1.82) is 0 Å². The molecule has 0 fully saturated rings. The minimum Gasteiger partial charge on any atom is -0.507 e. The van der Waals surface area contributed by atoms with E-state index in [0.29, 0.717) is 10.7 Å². The molecule has 2 rings (SSSR count). The number of nitrogens with zero attached hydrogens (tertiary/aromatic N) is 1. The van der Waals surface area contributed by atoms with Gasteiger partial charge >= 0.3 is 0 Å². The van der Waals surface area contributed by atoms with Crippen LogP contribution in [0.5, 0.6) is 5.75 Å². The number of phenolic OH excluding ortho intramolecular Hbond substituents is 1. The highest BCUT2D eigenvalue weighted by molar-refractivity contribution is 9.11. The Morgan fingerprint density at radius 2 is 2.17 bits per heavy atom. The molecule has 0 saturated heterocycles. The molecule has 1 amide bonds. The number of benzene rings is 1. The molecule has 0 aliphatic carbocycles. The summed E-state index contributed by atoms with van der Waals surface area (Å²) in [6, 6.07) is 5.05. The van der Waals surface area contributed by atoms with Crippen molar-refractivity contribution in [3.8, 4) is 5.75 Å². The van der Waals surface area contributed by atoms with Gasteiger partial charge < -0.3 is 5.11 Å². The smallest absolute Gasteiger partial charge is 0.261 e. The zero-order valence-corrected chi connectivity index (χ0v) is 12.2. The van der Waals surface area contributed by atoms with Gasteiger partial charge in [-0.1, -0.05) is 23.5 Å². The molecule has 4 nitrogen and oxygen atoms in total. The molecule has 0 atom stereocenters. The average molecular weight is 327 g/mol. The van der Waals surface area contributed by atoms with Crippen LogP contribution in [0.15, 0.2) is 22.0 Å². The van der Waals surface area contributed by atoms with Crippen molar-refractivity contribution >= 4 is 38.3 Å². The molecule has 0 unspecified atom stereocenters. The summed E-state index contributed by atoms with van der Waals surface area (Å²) in [5.41, 5.74) is 1.74. The molecule has 0 radical (unpaired) electrons. The second-order valence-corrected chi connectivity index (χ2v) is 6.12. The number of halogens is 1. The van der Waals surface area contributed by atoms with E-state index in [1.165, 1.54) is 11.3 Å². The minimum absolute atomic E-state index is 0.00217. The quantitative estimate of drug-likeness (QED) is 0.888. The van der Waals surface area contributed by atoms with Crippen molar-refractivity contribution in [2.24, 2.45) is 0 Å². The lowest BCUT2D eigenvalue weighted by Gasteiger charge is -2.06. The summed E-state index contributed by atoms with van der Waals surface area (Å²) in [4.78, 5) is 16.2. The predicted octanol–water partition coefficient (Wildman–Crippen LogP) is 3.48. The van der Waals surface area contributed by atoms with Crippen molar-refractivity contribution in [1.82, 2.24) is 4.98 Å². The SMILES string of the molecule is Cc1cccc(C(=O)Nc2nc(C)c(Br)s2)c1O. The first-order chi connectivity index (χ1) is 8.49. The van der Waals surface area contributed by atoms with Crippen molar-refractivity contribution in [2.75, 3.05) is 5.32 Å². The van der Waals surface area contributed by atoms with E-state index in [2.05, 4.69) is 26.2 Å². The summed E-state index contributed by atoms with van der Waals surface area (Å²) in [7, 11) is 0. The number of aryl methyl sites for hydroxylation is 2. The monoisotopic (exact) mass is 326 g/mol. The highest BCUT2D eigenvalue weighted by atomic mass is 79.9. The summed E-state index contributed by atoms with van der Waals surface area (Å²) in [6.45, 7) is 3.59. The van der Waals surface area contributed by atoms with E-state index in [1.54, 1.807) is 25.1 Å². The summed E-state index contributed by atoms with van der Waals surface area (Å²) in [5.74, 6) is -0.361. The lowest BCUT2D eigenvalue weighted by molar-refractivity contribution is 0.102. The van der Waals surface area contributed by atoms with Crippen LogP contribution in [0.25, 0.3) is 0 Å². The molecule has 0 bridgehead atoms. The standard InChI is InChI=1S/C12H11BrN2O2S/c1-6-4-3-5-8(9(6)16)11(17)15-12-14-7(2)10(13)18-12/h3-5,16H,1-2H3,(H,14,15,17). The summed E-state index contributed by atoms with van der Waals surface area (Å²) >= 11 is 4.68. The fourth-order valence-corrected chi connectivity index (χ4v) is 2.68. The molecule has 1 heterocycles. The van der Waals surface area contributed by atoms with Crippen LogP contribution in [-0.4, -0.2) is 16.0 Å². The summed E-state index contributed by atoms with van der Waals surface area (Å²) in [6.07, 6.45) is 0. The molecule has 2 aromatic rings. The number of phenols is 1. The van der Waals surface area contributed by atoms with Gasteiger partial charge in [0.2, 0.25) is 0 Å². The fourth-order valence-electron chi connectivity index (χ4n) is 1.44. The number of thiazole rings is 1. The number of aromatic hydroxyl groups is 1. The molecule has 94 valence electrons. The molecule has 0 aliphatic rings. The summed E-state index contributed by atoms with van der Waals surface area (Å²) < 4.78 is 0.881. The maximum Gasteiger partial charge on any atom is 0.261 e. The zero-order chi connectivity index (χ0) is 13.3. The number of hydrogen-bond acceptors (Lipinski definition) is 4. The van der Waals surface area contributed by atoms with Crippen LogP contribution in [0.1, 0.15) is 21.6 Å². The minimum atomic E-state index is -0.363. The molecule has 0 spiro atoms. The number of carbonyl (C=O) groups excluding carboxylic acids is 1. The van der Waals surface area contributed by atoms with Gasteiger partial charge in [-0.15, -0.1) is 0 Å². The Kier molecular flexibility index (Phi) is 3.68. The Labute approximate surface area is 117 Å². The second-order valence-electron chi connectivity index (χ2n) is 3.80. The first-order valence-electron chi connectivity index (χ1n) is 5.22. The normalized spacial score (nSPS) is 10.4. The number of para-hydroxylation sites is 1. The molecular formula is C12H11BrN2O2S. The van der Waals surface area contributed by atoms with Gasteiger partial charge in [0.1, 0.15) is 5.75 Å². The number of hydrogen-bond donors (Lipinski definition) is 2. The zero-order valence-electron chi connectivity index (χ0n) is 9.82. The van der Waals surface area contributed by atoms with E-state index in [1.807, 2.05) is 6.92 Å². The first-order valence-corrected chi connectivity index (χ1v) is 6.83. The van der Waals surface area contributed by atoms with E-state index in [4.69, 9.17) is 0 Å². The average Bonchev–Trinajstić information content (AvgIpc) is 2.61. The lowest BCUT2D eigenvalue weighted by atomic mass is 10.1. The van der Waals surface area contributed by atoms with Crippen LogP contribution in [0.2, 0.25) is 0 Å². The Morgan fingerprint density at radius 3 is 2.78 bits per heavy atom. The number of rotatable bonds is 2. The number of nitrogens with one attached hydrogen (secondary N) is 1. The predicted molar refractivity (Wildman–Crippen MR) is 75.3 cm³/mol. The van der Waals surface area contributed by atoms with Gasteiger partial charge in [0.15, 0.2) is 5.13 Å². The Balaban J connectivity index is 2.24. The highest BCUT2D eigenvalue weighted by Gasteiger charge is 2.14. The fraction of sp³-hybridized carbons (Fsp3) is 0.167. The number of amides is 1. The molecule has 1 aromatic heterocycles. The highest BCUT2D eigenvalue weighted by Crippen LogP contribution is 2.29. The molecule has 0 saturated carbocycles. The maximum atomic E-state index is 12.0. The topological polar surface area (TPSA) is 62.2 Å². The number of aromatic nitrogens is 1. The number of anilines is 1. The van der Waals surface area contributed by atoms with Crippen LogP contribution >= 0.6 is 27.3 Å². The van der Waals surface area contributed by atoms with Crippen LogP contribution in [-0.2, 0) is 0 Å². The molecule has 1 aromatic carbocycles. The van der Waals surface area contributed by atoms with Gasteiger partial charge in [0, 0.05) is 0 Å². The molecule has 0 aliphatic heterocycles. The van der Waals surface area contributed by atoms with Gasteiger partial charge in [0.05, 0.1) is 15.0 Å². The molecular weight excluding hydrogens is 316 g/mol. The van der Waals surface area contributed by atoms with E-state index in [-0.39, 0.29) is 17.2 Å². The Morgan fingerprint density at radius 1 is 1.44 bits per heavy atom. The van der Waals surface area contributed by atoms with E-state index in [9.17, 15) is 9.90 Å². The Hall–Kier alpha value is -1.40. The van der Waals surface area contributed by atoms with E-state index >= 15 is 0 Å². The molecule has 6 heteroatoms. The van der Waals surface area contributed by atoms with Crippen molar-refractivity contribution < 1.29 is 9.90 Å². The third-order valence-electron chi connectivity index (χ3n) is 2.44. The van der Waals surface area contributed by atoms with Gasteiger partial charge in [-0.2, -0.15) is 0 Å². The second kappa shape index (κ2) is 5.07. The third kappa shape index (κ3) is 2.54. The van der Waals surface area contributed by atoms with Crippen LogP contribution in [0.4, 0.5) is 5.13 Å². The van der Waals surface area contributed by atoms with Crippen LogP contribution < -0.4 is 5.32 Å². The van der Waals surface area contributed by atoms with Gasteiger partial charge in [-0.3, -0.25) is 10.1 Å². The third-order valence-corrected chi connectivity index (χ3v) is 4.36. The van der Waals surface area contributed by atoms with Crippen molar-refractivity contribution in [2.45, 2.75) is 13.8 Å². The van der Waals surface area contributed by atoms with Crippen molar-refractivity contribution in [3.05, 3.63) is 38.8 Å².